The van der Waals surface area contributed by atoms with E-state index in [4.69, 9.17) is 10.8 Å². The van der Waals surface area contributed by atoms with Gasteiger partial charge in [0.05, 0.1) is 12.1 Å². The molecular formula is C32H55N5O4. The smallest absolute Gasteiger partial charge is 0.330 e. The largest absolute Gasteiger partial charge is 0.478 e. The molecule has 9 nitrogen and oxygen atoms in total. The van der Waals surface area contributed by atoms with E-state index < -0.39 is 23.5 Å². The first-order valence-electron chi connectivity index (χ1n) is 14.2. The number of aldehydes is 1. The summed E-state index contributed by atoms with van der Waals surface area (Å²) >= 11 is 0. The van der Waals surface area contributed by atoms with E-state index in [1.807, 2.05) is 66.7 Å². The van der Waals surface area contributed by atoms with Gasteiger partial charge < -0.3 is 35.7 Å². The summed E-state index contributed by atoms with van der Waals surface area (Å²) in [7, 11) is 7.56. The quantitative estimate of drug-likeness (QED) is 0.247. The summed E-state index contributed by atoms with van der Waals surface area (Å²) in [6.07, 6.45) is 5.81. The lowest BCUT2D eigenvalue weighted by atomic mass is 9.76. The highest BCUT2D eigenvalue weighted by molar-refractivity contribution is 5.90. The molecule has 0 saturated carbocycles. The van der Waals surface area contributed by atoms with Crippen molar-refractivity contribution >= 4 is 29.1 Å². The van der Waals surface area contributed by atoms with Gasteiger partial charge in [-0.05, 0) is 56.7 Å². The zero-order valence-electron chi connectivity index (χ0n) is 27.4. The lowest BCUT2D eigenvalue weighted by Crippen LogP contribution is -2.57. The Kier molecular flexibility index (Phi) is 15.8. The number of hydrogen-bond acceptors (Lipinski definition) is 6. The maximum Gasteiger partial charge on any atom is 0.330 e. The number of carbonyl (C=O) groups excluding carboxylic acids is 2. The first-order chi connectivity index (χ1) is 18.9. The number of aromatic nitrogens is 1. The molecule has 0 bridgehead atoms. The summed E-state index contributed by atoms with van der Waals surface area (Å²) < 4.78 is 2.07. The van der Waals surface area contributed by atoms with Crippen LogP contribution in [0.5, 0.6) is 0 Å². The summed E-state index contributed by atoms with van der Waals surface area (Å²) in [6.45, 7) is 16.9. The Balaban J connectivity index is 0.00000103. The first kappa shape index (κ1) is 38.0. The number of nitrogens with two attached hydrogens (primary N) is 1. The summed E-state index contributed by atoms with van der Waals surface area (Å²) in [6, 6.07) is 5.13. The van der Waals surface area contributed by atoms with E-state index >= 15 is 0 Å². The van der Waals surface area contributed by atoms with Crippen molar-refractivity contribution < 1.29 is 19.5 Å². The number of amides is 1. The van der Waals surface area contributed by atoms with Crippen LogP contribution in [-0.2, 0) is 33.4 Å². The van der Waals surface area contributed by atoms with Crippen molar-refractivity contribution in [3.63, 3.8) is 0 Å². The van der Waals surface area contributed by atoms with Crippen LogP contribution in [0, 0.1) is 5.41 Å². The average Bonchev–Trinajstić information content (AvgIpc) is 3.22. The SMILES string of the molecule is C/C(=C\CN(C)C)C(=O)O.CCC.CNC(C(=O)NC(C=O)C(C)(C)C)C(C)(C)c1cn(C)c2ccc(CN)cc12. The number of carboxylic acid groups (broad SMARTS) is 1. The Morgan fingerprint density at radius 3 is 2.12 bits per heavy atom. The van der Waals surface area contributed by atoms with Gasteiger partial charge >= 0.3 is 5.97 Å². The fraction of sp³-hybridized carbons (Fsp3) is 0.594. The van der Waals surface area contributed by atoms with E-state index in [1.165, 1.54) is 6.42 Å². The summed E-state index contributed by atoms with van der Waals surface area (Å²) in [5.74, 6) is -1.03. The van der Waals surface area contributed by atoms with E-state index in [1.54, 1.807) is 20.0 Å². The van der Waals surface area contributed by atoms with E-state index in [0.29, 0.717) is 18.7 Å². The molecule has 232 valence electrons. The van der Waals surface area contributed by atoms with Gasteiger partial charge in [0.25, 0.3) is 0 Å². The molecule has 0 spiro atoms. The third-order valence-electron chi connectivity index (χ3n) is 6.72. The average molecular weight is 574 g/mol. The van der Waals surface area contributed by atoms with E-state index in [-0.39, 0.29) is 11.3 Å². The van der Waals surface area contributed by atoms with Crippen molar-refractivity contribution in [3.05, 3.63) is 47.2 Å². The number of nitrogens with zero attached hydrogens (tertiary/aromatic N) is 2. The van der Waals surface area contributed by atoms with Crippen LogP contribution in [0.2, 0.25) is 0 Å². The van der Waals surface area contributed by atoms with Gasteiger partial charge in [-0.25, -0.2) is 4.79 Å². The van der Waals surface area contributed by atoms with Gasteiger partial charge in [-0.1, -0.05) is 67.0 Å². The predicted octanol–water partition coefficient (Wildman–Crippen LogP) is 4.23. The van der Waals surface area contributed by atoms with Gasteiger partial charge in [0.2, 0.25) is 5.91 Å². The van der Waals surface area contributed by atoms with Crippen LogP contribution < -0.4 is 16.4 Å². The van der Waals surface area contributed by atoms with Gasteiger partial charge in [-0.3, -0.25) is 4.79 Å². The molecule has 0 aliphatic carbocycles. The number of aryl methyl sites for hydroxylation is 1. The van der Waals surface area contributed by atoms with Crippen LogP contribution >= 0.6 is 0 Å². The number of hydrogen-bond donors (Lipinski definition) is 4. The van der Waals surface area contributed by atoms with Crippen molar-refractivity contribution in [2.75, 3.05) is 27.7 Å². The lowest BCUT2D eigenvalue weighted by Gasteiger charge is -2.35. The molecule has 41 heavy (non-hydrogen) atoms. The fourth-order valence-corrected chi connectivity index (χ4v) is 4.15. The Hall–Kier alpha value is -3.01. The van der Waals surface area contributed by atoms with Gasteiger partial charge in [0.1, 0.15) is 6.29 Å². The first-order valence-corrected chi connectivity index (χ1v) is 14.2. The minimum Gasteiger partial charge on any atom is -0.478 e. The van der Waals surface area contributed by atoms with Crippen molar-refractivity contribution in [1.29, 1.82) is 0 Å². The number of carbonyl (C=O) groups is 3. The molecule has 2 rings (SSSR count). The topological polar surface area (TPSA) is 130 Å². The maximum atomic E-state index is 13.1. The molecular weight excluding hydrogens is 518 g/mol. The molecule has 9 heteroatoms. The van der Waals surface area contributed by atoms with Crippen molar-refractivity contribution in [1.82, 2.24) is 20.1 Å². The van der Waals surface area contributed by atoms with Gasteiger partial charge in [-0.2, -0.15) is 0 Å². The van der Waals surface area contributed by atoms with E-state index in [9.17, 15) is 14.4 Å². The minimum absolute atomic E-state index is 0.188. The molecule has 0 aliphatic heterocycles. The monoisotopic (exact) mass is 573 g/mol. The molecule has 0 aliphatic rings. The molecule has 0 radical (unpaired) electrons. The number of benzene rings is 1. The Morgan fingerprint density at radius 1 is 1.15 bits per heavy atom. The third-order valence-corrected chi connectivity index (χ3v) is 6.72. The number of carboxylic acids is 1. The lowest BCUT2D eigenvalue weighted by molar-refractivity contribution is -0.132. The fourth-order valence-electron chi connectivity index (χ4n) is 4.15. The zero-order valence-corrected chi connectivity index (χ0v) is 27.4. The number of nitrogens with one attached hydrogen (secondary N) is 2. The predicted molar refractivity (Wildman–Crippen MR) is 170 cm³/mol. The van der Waals surface area contributed by atoms with Gasteiger partial charge in [-0.15, -0.1) is 0 Å². The standard InChI is InChI=1S/C22H34N4O2.C7H13NO2.C3H8/c1-21(2,3)18(13-27)25-20(28)19(24-6)22(4,5)16-12-26(7)17-9-8-14(11-23)10-15(16)17;1-6(7(9)10)4-5-8(2)3;1-3-2/h8-10,12-13,18-19,24H,11,23H2,1-7H3,(H,25,28);4H,5H2,1-3H3,(H,9,10);3H2,1-2H3/b;6-4+;. The van der Waals surface area contributed by atoms with Crippen molar-refractivity contribution in [3.8, 4) is 0 Å². The second-order valence-electron chi connectivity index (χ2n) is 12.3. The van der Waals surface area contributed by atoms with Crippen LogP contribution in [0.3, 0.4) is 0 Å². The highest BCUT2D eigenvalue weighted by Crippen LogP contribution is 2.35. The van der Waals surface area contributed by atoms with Gasteiger partial charge in [0, 0.05) is 48.2 Å². The molecule has 0 saturated heterocycles. The molecule has 5 N–H and O–H groups in total. The molecule has 2 unspecified atom stereocenters. The molecule has 1 amide bonds. The molecule has 0 fully saturated rings. The molecule has 1 aromatic heterocycles. The maximum absolute atomic E-state index is 13.1. The highest BCUT2D eigenvalue weighted by Gasteiger charge is 2.39. The van der Waals surface area contributed by atoms with E-state index in [2.05, 4.69) is 47.4 Å². The number of fused-ring (bicyclic) bond motifs is 1. The number of rotatable bonds is 10. The van der Waals surface area contributed by atoms with E-state index in [0.717, 1.165) is 28.3 Å². The zero-order chi connectivity index (χ0) is 32.1. The Labute approximate surface area is 247 Å². The summed E-state index contributed by atoms with van der Waals surface area (Å²) in [4.78, 5) is 36.8. The van der Waals surface area contributed by atoms with Crippen LogP contribution in [0.25, 0.3) is 10.9 Å². The highest BCUT2D eigenvalue weighted by atomic mass is 16.4. The van der Waals surface area contributed by atoms with Gasteiger partial charge in [0.15, 0.2) is 0 Å². The molecule has 1 heterocycles. The normalized spacial score (nSPS) is 13.5. The molecule has 2 atom stereocenters. The molecule has 2 aromatic rings. The molecule has 1 aromatic carbocycles. The van der Waals surface area contributed by atoms with Crippen molar-refractivity contribution in [2.24, 2.45) is 18.2 Å². The third kappa shape index (κ3) is 11.4. The Morgan fingerprint density at radius 2 is 1.71 bits per heavy atom. The number of likely N-dealkylation sites (N-methyl/N-ethyl adjacent to an activating group) is 2. The van der Waals surface area contributed by atoms with Crippen molar-refractivity contribution in [2.45, 2.75) is 85.9 Å². The second-order valence-corrected chi connectivity index (χ2v) is 12.3. The van der Waals surface area contributed by atoms with Crippen LogP contribution in [0.15, 0.2) is 36.0 Å². The Bertz CT molecular complexity index is 1160. The van der Waals surface area contributed by atoms with Crippen LogP contribution in [-0.4, -0.2) is 72.5 Å². The number of aliphatic carboxylic acids is 1. The summed E-state index contributed by atoms with van der Waals surface area (Å²) in [5, 5.41) is 15.6. The second kappa shape index (κ2) is 17.1. The van der Waals surface area contributed by atoms with Crippen LogP contribution in [0.4, 0.5) is 0 Å². The minimum atomic E-state index is -0.846. The summed E-state index contributed by atoms with van der Waals surface area (Å²) in [5.41, 5.74) is 8.57. The van der Waals surface area contributed by atoms with Crippen LogP contribution in [0.1, 0.15) is 72.9 Å².